The van der Waals surface area contributed by atoms with Crippen molar-refractivity contribution >= 4 is 51.9 Å². The van der Waals surface area contributed by atoms with Crippen LogP contribution in [0.5, 0.6) is 0 Å². The van der Waals surface area contributed by atoms with Gasteiger partial charge in [0, 0.05) is 29.7 Å². The van der Waals surface area contributed by atoms with Gasteiger partial charge in [-0.15, -0.1) is 11.3 Å². The molecule has 0 aliphatic carbocycles. The van der Waals surface area contributed by atoms with Crippen LogP contribution in [0.3, 0.4) is 0 Å². The van der Waals surface area contributed by atoms with E-state index in [9.17, 15) is 4.79 Å². The zero-order chi connectivity index (χ0) is 21.1. The standard InChI is InChI=1S/C22H21ClN4OS2/c1-14-6-2-3-7-15(14)25-19(28)11-13-27-21(17-9-10-18(23)30-17)20(26-22(27)29)16-8-4-5-12-24-16/h2-10,12,20-21H,11,13H2,1H3,(H,25,28)(H,26,29)/t20-,21-/m0/s1. The number of rotatable bonds is 6. The quantitative estimate of drug-likeness (QED) is 0.505. The van der Waals surface area contributed by atoms with Crippen molar-refractivity contribution in [3.63, 3.8) is 0 Å². The summed E-state index contributed by atoms with van der Waals surface area (Å²) in [5.74, 6) is -0.0450. The van der Waals surface area contributed by atoms with Gasteiger partial charge in [0.25, 0.3) is 0 Å². The zero-order valence-electron chi connectivity index (χ0n) is 16.3. The number of para-hydroxylation sites is 1. The van der Waals surface area contributed by atoms with Crippen molar-refractivity contribution in [1.82, 2.24) is 15.2 Å². The third kappa shape index (κ3) is 4.48. The minimum atomic E-state index is -0.104. The molecule has 3 aromatic rings. The topological polar surface area (TPSA) is 57.3 Å². The lowest BCUT2D eigenvalue weighted by Crippen LogP contribution is -2.32. The third-order valence-corrected chi connectivity index (χ3v) is 6.74. The van der Waals surface area contributed by atoms with Gasteiger partial charge in [0.05, 0.1) is 22.1 Å². The minimum Gasteiger partial charge on any atom is -0.352 e. The van der Waals surface area contributed by atoms with E-state index in [-0.39, 0.29) is 18.0 Å². The van der Waals surface area contributed by atoms with Crippen LogP contribution in [-0.4, -0.2) is 27.4 Å². The lowest BCUT2D eigenvalue weighted by atomic mass is 10.0. The van der Waals surface area contributed by atoms with Gasteiger partial charge in [0.1, 0.15) is 0 Å². The van der Waals surface area contributed by atoms with Gasteiger partial charge in [0.2, 0.25) is 5.91 Å². The number of anilines is 1. The van der Waals surface area contributed by atoms with Gasteiger partial charge >= 0.3 is 0 Å². The Morgan fingerprint density at radius 2 is 2.03 bits per heavy atom. The lowest BCUT2D eigenvalue weighted by Gasteiger charge is -2.26. The van der Waals surface area contributed by atoms with E-state index in [0.29, 0.717) is 18.1 Å². The fourth-order valence-electron chi connectivity index (χ4n) is 3.59. The van der Waals surface area contributed by atoms with Crippen LogP contribution in [0.1, 0.15) is 34.6 Å². The lowest BCUT2D eigenvalue weighted by molar-refractivity contribution is -0.116. The van der Waals surface area contributed by atoms with Crippen LogP contribution >= 0.6 is 35.2 Å². The number of aryl methyl sites for hydroxylation is 1. The van der Waals surface area contributed by atoms with Gasteiger partial charge in [-0.3, -0.25) is 9.78 Å². The third-order valence-electron chi connectivity index (χ3n) is 5.08. The summed E-state index contributed by atoms with van der Waals surface area (Å²) in [7, 11) is 0. The first-order valence-electron chi connectivity index (χ1n) is 9.61. The second-order valence-corrected chi connectivity index (χ2v) is 9.21. The van der Waals surface area contributed by atoms with E-state index in [1.807, 2.05) is 61.5 Å². The minimum absolute atomic E-state index is 0.0450. The first-order chi connectivity index (χ1) is 14.5. The first-order valence-corrected chi connectivity index (χ1v) is 11.2. The van der Waals surface area contributed by atoms with E-state index in [0.717, 1.165) is 26.2 Å². The van der Waals surface area contributed by atoms with Gasteiger partial charge in [0.15, 0.2) is 5.11 Å². The molecule has 1 aliphatic heterocycles. The molecule has 2 N–H and O–H groups in total. The van der Waals surface area contributed by atoms with E-state index < -0.39 is 0 Å². The van der Waals surface area contributed by atoms with Crippen molar-refractivity contribution < 1.29 is 4.79 Å². The second kappa shape index (κ2) is 9.12. The van der Waals surface area contributed by atoms with E-state index in [4.69, 9.17) is 23.8 Å². The molecule has 2 aromatic heterocycles. The second-order valence-electron chi connectivity index (χ2n) is 7.07. The van der Waals surface area contributed by atoms with Crippen LogP contribution in [0.25, 0.3) is 0 Å². The number of hydrogen-bond acceptors (Lipinski definition) is 4. The van der Waals surface area contributed by atoms with Crippen molar-refractivity contribution in [1.29, 1.82) is 0 Å². The number of benzene rings is 1. The van der Waals surface area contributed by atoms with Crippen LogP contribution in [0, 0.1) is 6.92 Å². The highest BCUT2D eigenvalue weighted by Gasteiger charge is 2.40. The molecule has 1 aromatic carbocycles. The summed E-state index contributed by atoms with van der Waals surface area (Å²) < 4.78 is 0.722. The molecule has 1 saturated heterocycles. The van der Waals surface area contributed by atoms with Crippen LogP contribution in [0.2, 0.25) is 4.34 Å². The van der Waals surface area contributed by atoms with Crippen LogP contribution < -0.4 is 10.6 Å². The Balaban J connectivity index is 1.52. The van der Waals surface area contributed by atoms with Crippen molar-refractivity contribution in [3.05, 3.63) is 81.3 Å². The highest BCUT2D eigenvalue weighted by molar-refractivity contribution is 7.80. The van der Waals surface area contributed by atoms with E-state index >= 15 is 0 Å². The molecule has 5 nitrogen and oxygen atoms in total. The summed E-state index contributed by atoms with van der Waals surface area (Å²) in [6.07, 6.45) is 2.09. The molecule has 2 atom stereocenters. The number of aromatic nitrogens is 1. The SMILES string of the molecule is Cc1ccccc1NC(=O)CCN1C(=S)N[C@@H](c2ccccn2)[C@@H]1c1ccc(Cl)s1. The number of carbonyl (C=O) groups excluding carboxylic acids is 1. The molecule has 0 unspecified atom stereocenters. The van der Waals surface area contributed by atoms with Gasteiger partial charge in [-0.05, 0) is 55.0 Å². The number of amides is 1. The predicted octanol–water partition coefficient (Wildman–Crippen LogP) is 5.11. The summed E-state index contributed by atoms with van der Waals surface area (Å²) in [6.45, 7) is 2.47. The Hall–Kier alpha value is -2.48. The normalized spacial score (nSPS) is 18.3. The molecule has 1 amide bonds. The number of thiocarbonyl (C=S) groups is 1. The molecule has 1 aliphatic rings. The molecular formula is C22H21ClN4OS2. The zero-order valence-corrected chi connectivity index (χ0v) is 18.7. The van der Waals surface area contributed by atoms with Crippen molar-refractivity contribution in [2.45, 2.75) is 25.4 Å². The van der Waals surface area contributed by atoms with E-state index in [1.165, 1.54) is 11.3 Å². The maximum Gasteiger partial charge on any atom is 0.226 e. The number of halogens is 1. The average molecular weight is 457 g/mol. The highest BCUT2D eigenvalue weighted by atomic mass is 35.5. The Kier molecular flexibility index (Phi) is 6.32. The Morgan fingerprint density at radius 3 is 2.73 bits per heavy atom. The summed E-state index contributed by atoms with van der Waals surface area (Å²) >= 11 is 13.4. The molecule has 30 heavy (non-hydrogen) atoms. The number of hydrogen-bond donors (Lipinski definition) is 2. The molecule has 0 saturated carbocycles. The molecular weight excluding hydrogens is 436 g/mol. The Morgan fingerprint density at radius 1 is 1.23 bits per heavy atom. The van der Waals surface area contributed by atoms with Crippen LogP contribution in [0.4, 0.5) is 5.69 Å². The first kappa shape index (κ1) is 20.8. The molecule has 0 bridgehead atoms. The highest BCUT2D eigenvalue weighted by Crippen LogP contribution is 2.42. The van der Waals surface area contributed by atoms with E-state index in [1.54, 1.807) is 6.20 Å². The van der Waals surface area contributed by atoms with Crippen molar-refractivity contribution in [2.75, 3.05) is 11.9 Å². The van der Waals surface area contributed by atoms with Gasteiger partial charge in [-0.25, -0.2) is 0 Å². The maximum atomic E-state index is 12.6. The Bertz CT molecular complexity index is 1060. The van der Waals surface area contributed by atoms with Gasteiger partial charge < -0.3 is 15.5 Å². The average Bonchev–Trinajstić information content (AvgIpc) is 3.31. The Labute approximate surface area is 190 Å². The van der Waals surface area contributed by atoms with Crippen molar-refractivity contribution in [2.24, 2.45) is 0 Å². The molecule has 1 fully saturated rings. The summed E-state index contributed by atoms with van der Waals surface area (Å²) in [5, 5.41) is 6.99. The summed E-state index contributed by atoms with van der Waals surface area (Å²) in [6, 6.07) is 17.3. The predicted molar refractivity (Wildman–Crippen MR) is 126 cm³/mol. The largest absolute Gasteiger partial charge is 0.352 e. The fourth-order valence-corrected chi connectivity index (χ4v) is 5.13. The fraction of sp³-hybridized carbons (Fsp3) is 0.227. The number of nitrogens with one attached hydrogen (secondary N) is 2. The van der Waals surface area contributed by atoms with Crippen LogP contribution in [-0.2, 0) is 4.79 Å². The summed E-state index contributed by atoms with van der Waals surface area (Å²) in [4.78, 5) is 20.3. The molecule has 0 radical (unpaired) electrons. The molecule has 4 rings (SSSR count). The molecule has 0 spiro atoms. The number of thiophene rings is 1. The smallest absolute Gasteiger partial charge is 0.226 e. The number of pyridine rings is 1. The number of nitrogens with zero attached hydrogens (tertiary/aromatic N) is 2. The van der Waals surface area contributed by atoms with E-state index in [2.05, 4.69) is 20.5 Å². The van der Waals surface area contributed by atoms with Crippen molar-refractivity contribution in [3.8, 4) is 0 Å². The summed E-state index contributed by atoms with van der Waals surface area (Å²) in [5.41, 5.74) is 2.77. The molecule has 3 heterocycles. The molecule has 8 heteroatoms. The van der Waals surface area contributed by atoms with Gasteiger partial charge in [-0.1, -0.05) is 35.9 Å². The monoisotopic (exact) mass is 456 g/mol. The number of carbonyl (C=O) groups is 1. The maximum absolute atomic E-state index is 12.6. The van der Waals surface area contributed by atoms with Gasteiger partial charge in [-0.2, -0.15) is 0 Å². The molecule has 154 valence electrons. The van der Waals surface area contributed by atoms with Crippen LogP contribution in [0.15, 0.2) is 60.8 Å².